The van der Waals surface area contributed by atoms with Crippen LogP contribution in [0.15, 0.2) is 11.4 Å². The fraction of sp³-hybridized carbons (Fsp3) is 0.500. The summed E-state index contributed by atoms with van der Waals surface area (Å²) >= 11 is 1.65. The number of aliphatic carboxylic acids is 1. The van der Waals surface area contributed by atoms with Crippen molar-refractivity contribution in [2.45, 2.75) is 32.9 Å². The summed E-state index contributed by atoms with van der Waals surface area (Å²) in [6, 6.07) is 1.19. The van der Waals surface area contributed by atoms with Crippen LogP contribution in [-0.4, -0.2) is 29.6 Å². The lowest BCUT2D eigenvalue weighted by Gasteiger charge is -2.14. The van der Waals surface area contributed by atoms with Gasteiger partial charge < -0.3 is 15.7 Å². The van der Waals surface area contributed by atoms with Gasteiger partial charge in [0.2, 0.25) is 5.91 Å². The van der Waals surface area contributed by atoms with Gasteiger partial charge in [-0.3, -0.25) is 4.79 Å². The maximum Gasteiger partial charge on any atom is 0.327 e. The predicted octanol–water partition coefficient (Wildman–Crippen LogP) is 0.989. The van der Waals surface area contributed by atoms with Gasteiger partial charge in [0.25, 0.3) is 0 Å². The Balaban J connectivity index is 2.43. The van der Waals surface area contributed by atoms with Gasteiger partial charge in [0, 0.05) is 24.9 Å². The third-order valence-corrected chi connectivity index (χ3v) is 3.49. The van der Waals surface area contributed by atoms with Crippen LogP contribution in [0.4, 0.5) is 0 Å². The highest BCUT2D eigenvalue weighted by Crippen LogP contribution is 2.16. The molecule has 0 aliphatic carbocycles. The van der Waals surface area contributed by atoms with Gasteiger partial charge in [-0.15, -0.1) is 11.3 Å². The molecule has 0 saturated carbocycles. The van der Waals surface area contributed by atoms with Gasteiger partial charge >= 0.3 is 5.97 Å². The average Bonchev–Trinajstić information content (AvgIpc) is 2.74. The first kappa shape index (κ1) is 14.7. The van der Waals surface area contributed by atoms with Crippen molar-refractivity contribution in [2.75, 3.05) is 6.54 Å². The molecule has 1 aromatic heterocycles. The largest absolute Gasteiger partial charge is 0.480 e. The van der Waals surface area contributed by atoms with E-state index < -0.39 is 12.0 Å². The Labute approximate surface area is 110 Å². The molecule has 1 heterocycles. The normalized spacial score (nSPS) is 12.1. The van der Waals surface area contributed by atoms with Gasteiger partial charge in [-0.2, -0.15) is 0 Å². The van der Waals surface area contributed by atoms with Crippen LogP contribution in [0.1, 0.15) is 24.3 Å². The van der Waals surface area contributed by atoms with Crippen molar-refractivity contribution in [3.05, 3.63) is 21.9 Å². The Morgan fingerprint density at radius 3 is 2.78 bits per heavy atom. The first-order valence-electron chi connectivity index (χ1n) is 5.80. The molecule has 0 spiro atoms. The van der Waals surface area contributed by atoms with E-state index in [-0.39, 0.29) is 12.5 Å². The predicted molar refractivity (Wildman–Crippen MR) is 70.6 cm³/mol. The van der Waals surface area contributed by atoms with Crippen molar-refractivity contribution in [2.24, 2.45) is 0 Å². The van der Waals surface area contributed by atoms with Crippen LogP contribution in [-0.2, 0) is 22.6 Å². The van der Waals surface area contributed by atoms with E-state index in [2.05, 4.69) is 23.6 Å². The van der Waals surface area contributed by atoms with Crippen molar-refractivity contribution in [1.82, 2.24) is 10.6 Å². The van der Waals surface area contributed by atoms with E-state index in [9.17, 15) is 9.59 Å². The number of carboxylic acid groups (broad SMARTS) is 1. The Kier molecular flexibility index (Phi) is 5.80. The fourth-order valence-electron chi connectivity index (χ4n) is 1.61. The van der Waals surface area contributed by atoms with Crippen molar-refractivity contribution in [1.29, 1.82) is 0 Å². The molecule has 0 radical (unpaired) electrons. The van der Waals surface area contributed by atoms with Gasteiger partial charge in [0.05, 0.1) is 0 Å². The van der Waals surface area contributed by atoms with Crippen LogP contribution in [0, 0.1) is 0 Å². The second-order valence-corrected chi connectivity index (χ2v) is 4.95. The van der Waals surface area contributed by atoms with Gasteiger partial charge in [-0.05, 0) is 23.4 Å². The molecule has 0 saturated heterocycles. The van der Waals surface area contributed by atoms with Crippen LogP contribution in [0.25, 0.3) is 0 Å². The molecule has 0 aromatic carbocycles. The molecule has 0 bridgehead atoms. The number of nitrogens with one attached hydrogen (secondary N) is 2. The number of amides is 1. The quantitative estimate of drug-likeness (QED) is 0.690. The standard InChI is InChI=1S/C12H18N2O3S/c1-3-9-4-5-18-11(9)7-13-6-10(12(16)17)14-8(2)15/h4-5,10,13H,3,6-7H2,1-2H3,(H,14,15)(H,16,17). The lowest BCUT2D eigenvalue weighted by atomic mass is 10.2. The van der Waals surface area contributed by atoms with E-state index in [1.807, 2.05) is 5.38 Å². The Hall–Kier alpha value is -1.40. The molecule has 1 rings (SSSR count). The molecule has 5 nitrogen and oxygen atoms in total. The van der Waals surface area contributed by atoms with Crippen molar-refractivity contribution in [3.8, 4) is 0 Å². The third-order valence-electron chi connectivity index (χ3n) is 2.53. The lowest BCUT2D eigenvalue weighted by molar-refractivity contribution is -0.141. The number of carbonyl (C=O) groups excluding carboxylic acids is 1. The number of aryl methyl sites for hydroxylation is 1. The summed E-state index contributed by atoms with van der Waals surface area (Å²) in [5.41, 5.74) is 1.28. The minimum Gasteiger partial charge on any atom is -0.480 e. The highest BCUT2D eigenvalue weighted by Gasteiger charge is 2.17. The number of thiophene rings is 1. The first-order chi connectivity index (χ1) is 8.54. The number of hydrogen-bond acceptors (Lipinski definition) is 4. The van der Waals surface area contributed by atoms with Crippen molar-refractivity contribution < 1.29 is 14.7 Å². The third kappa shape index (κ3) is 4.46. The van der Waals surface area contributed by atoms with Crippen LogP contribution in [0.5, 0.6) is 0 Å². The van der Waals surface area contributed by atoms with Gasteiger partial charge in [0.15, 0.2) is 0 Å². The van der Waals surface area contributed by atoms with Crippen LogP contribution >= 0.6 is 11.3 Å². The number of carbonyl (C=O) groups is 2. The van der Waals surface area contributed by atoms with E-state index in [1.165, 1.54) is 17.4 Å². The molecule has 0 aliphatic rings. The second-order valence-electron chi connectivity index (χ2n) is 3.94. The highest BCUT2D eigenvalue weighted by molar-refractivity contribution is 7.10. The summed E-state index contributed by atoms with van der Waals surface area (Å²) in [6.45, 7) is 4.24. The van der Waals surface area contributed by atoms with Crippen LogP contribution < -0.4 is 10.6 Å². The minimum absolute atomic E-state index is 0.218. The Morgan fingerprint density at radius 1 is 1.50 bits per heavy atom. The van der Waals surface area contributed by atoms with E-state index in [0.717, 1.165) is 6.42 Å². The molecular weight excluding hydrogens is 252 g/mol. The molecule has 3 N–H and O–H groups in total. The van der Waals surface area contributed by atoms with E-state index in [0.29, 0.717) is 6.54 Å². The Bertz CT molecular complexity index is 417. The molecule has 1 amide bonds. The minimum atomic E-state index is -1.03. The number of hydrogen-bond donors (Lipinski definition) is 3. The lowest BCUT2D eigenvalue weighted by Crippen LogP contribution is -2.46. The summed E-state index contributed by atoms with van der Waals surface area (Å²) < 4.78 is 0. The van der Waals surface area contributed by atoms with E-state index in [1.54, 1.807) is 11.3 Å². The molecular formula is C12H18N2O3S. The van der Waals surface area contributed by atoms with Crippen LogP contribution in [0.3, 0.4) is 0 Å². The molecule has 1 atom stereocenters. The maximum absolute atomic E-state index is 10.9. The zero-order valence-electron chi connectivity index (χ0n) is 10.5. The maximum atomic E-state index is 10.9. The summed E-state index contributed by atoms with van der Waals surface area (Å²) in [5, 5.41) is 16.4. The Morgan fingerprint density at radius 2 is 2.22 bits per heavy atom. The number of carboxylic acids is 1. The first-order valence-corrected chi connectivity index (χ1v) is 6.68. The molecule has 0 aliphatic heterocycles. The van der Waals surface area contributed by atoms with Crippen molar-refractivity contribution >= 4 is 23.2 Å². The average molecular weight is 270 g/mol. The van der Waals surface area contributed by atoms with E-state index >= 15 is 0 Å². The fourth-order valence-corrected chi connectivity index (χ4v) is 2.56. The van der Waals surface area contributed by atoms with E-state index in [4.69, 9.17) is 5.11 Å². The molecule has 0 fully saturated rings. The van der Waals surface area contributed by atoms with Gasteiger partial charge in [-0.25, -0.2) is 4.79 Å². The molecule has 6 heteroatoms. The summed E-state index contributed by atoms with van der Waals surface area (Å²) in [6.07, 6.45) is 0.967. The molecule has 18 heavy (non-hydrogen) atoms. The highest BCUT2D eigenvalue weighted by atomic mass is 32.1. The summed E-state index contributed by atoms with van der Waals surface area (Å²) in [5.74, 6) is -1.37. The SMILES string of the molecule is CCc1ccsc1CNCC(NC(C)=O)C(=O)O. The van der Waals surface area contributed by atoms with Gasteiger partial charge in [-0.1, -0.05) is 6.92 Å². The monoisotopic (exact) mass is 270 g/mol. The van der Waals surface area contributed by atoms with Crippen LogP contribution in [0.2, 0.25) is 0 Å². The summed E-state index contributed by atoms with van der Waals surface area (Å²) in [7, 11) is 0. The van der Waals surface area contributed by atoms with Crippen molar-refractivity contribution in [3.63, 3.8) is 0 Å². The number of rotatable bonds is 7. The zero-order chi connectivity index (χ0) is 13.5. The molecule has 1 unspecified atom stereocenters. The smallest absolute Gasteiger partial charge is 0.327 e. The summed E-state index contributed by atoms with van der Waals surface area (Å²) in [4.78, 5) is 23.0. The topological polar surface area (TPSA) is 78.4 Å². The zero-order valence-corrected chi connectivity index (χ0v) is 11.3. The molecule has 1 aromatic rings. The molecule has 100 valence electrons. The second kappa shape index (κ2) is 7.13. The van der Waals surface area contributed by atoms with Gasteiger partial charge in [0.1, 0.15) is 6.04 Å².